The van der Waals surface area contributed by atoms with E-state index in [2.05, 4.69) is 11.9 Å². The molecule has 0 saturated heterocycles. The number of fused-ring (bicyclic) bond motifs is 1. The lowest BCUT2D eigenvalue weighted by Crippen LogP contribution is -2.42. The molecule has 1 heterocycles. The van der Waals surface area contributed by atoms with Gasteiger partial charge >= 0.3 is 0 Å². The average molecular weight is 300 g/mol. The van der Waals surface area contributed by atoms with Crippen LogP contribution in [0.3, 0.4) is 0 Å². The first kappa shape index (κ1) is 15.9. The van der Waals surface area contributed by atoms with E-state index >= 15 is 0 Å². The van der Waals surface area contributed by atoms with Gasteiger partial charge in [-0.3, -0.25) is 19.3 Å². The Hall–Kier alpha value is -2.43. The van der Waals surface area contributed by atoms with Crippen molar-refractivity contribution in [3.63, 3.8) is 0 Å². The third-order valence-corrected chi connectivity index (χ3v) is 4.20. The van der Waals surface area contributed by atoms with Crippen LogP contribution in [0.1, 0.15) is 41.0 Å². The molecule has 1 aromatic rings. The van der Waals surface area contributed by atoms with Crippen LogP contribution >= 0.6 is 0 Å². The lowest BCUT2D eigenvalue weighted by atomic mass is 9.87. The number of amides is 3. The quantitative estimate of drug-likeness (QED) is 0.645. The number of imide groups is 1. The summed E-state index contributed by atoms with van der Waals surface area (Å²) in [6.45, 7) is 7.78. The zero-order valence-electron chi connectivity index (χ0n) is 12.9. The normalized spacial score (nSPS) is 16.2. The Morgan fingerprint density at radius 1 is 1.27 bits per heavy atom. The van der Waals surface area contributed by atoms with E-state index in [-0.39, 0.29) is 30.8 Å². The molecular formula is C17H20N2O3. The molecule has 0 aliphatic carbocycles. The molecule has 2 rings (SSSR count). The van der Waals surface area contributed by atoms with Crippen LogP contribution in [-0.2, 0) is 4.79 Å². The maximum atomic E-state index is 12.2. The third-order valence-electron chi connectivity index (χ3n) is 4.20. The van der Waals surface area contributed by atoms with Crippen LogP contribution in [0.5, 0.6) is 0 Å². The minimum atomic E-state index is -0.637. The molecule has 5 nitrogen and oxygen atoms in total. The lowest BCUT2D eigenvalue weighted by molar-refractivity contribution is -0.128. The summed E-state index contributed by atoms with van der Waals surface area (Å²) in [5.74, 6) is -0.768. The Labute approximate surface area is 130 Å². The van der Waals surface area contributed by atoms with Crippen molar-refractivity contribution >= 4 is 17.7 Å². The fourth-order valence-electron chi connectivity index (χ4n) is 2.32. The molecule has 1 aromatic carbocycles. The number of hydrogen-bond donors (Lipinski definition) is 1. The van der Waals surface area contributed by atoms with E-state index in [1.54, 1.807) is 37.3 Å². The molecule has 3 amide bonds. The van der Waals surface area contributed by atoms with E-state index in [0.29, 0.717) is 17.5 Å². The minimum Gasteiger partial charge on any atom is -0.354 e. The van der Waals surface area contributed by atoms with Gasteiger partial charge in [-0.2, -0.15) is 0 Å². The zero-order chi connectivity index (χ0) is 16.3. The fourth-order valence-corrected chi connectivity index (χ4v) is 2.32. The molecule has 0 bridgehead atoms. The Morgan fingerprint density at radius 2 is 1.82 bits per heavy atom. The van der Waals surface area contributed by atoms with Gasteiger partial charge in [0.05, 0.1) is 16.5 Å². The molecule has 0 spiro atoms. The molecule has 1 aliphatic heterocycles. The minimum absolute atomic E-state index is 0.151. The van der Waals surface area contributed by atoms with E-state index in [0.717, 1.165) is 0 Å². The number of benzene rings is 1. The molecule has 0 saturated carbocycles. The molecular weight excluding hydrogens is 280 g/mol. The summed E-state index contributed by atoms with van der Waals surface area (Å²) >= 11 is 0. The summed E-state index contributed by atoms with van der Waals surface area (Å²) in [5.41, 5.74) is 0.203. The van der Waals surface area contributed by atoms with E-state index in [1.807, 2.05) is 6.92 Å². The van der Waals surface area contributed by atoms with Crippen molar-refractivity contribution in [2.75, 3.05) is 13.1 Å². The first-order valence-electron chi connectivity index (χ1n) is 7.31. The predicted molar refractivity (Wildman–Crippen MR) is 83.4 cm³/mol. The van der Waals surface area contributed by atoms with Gasteiger partial charge in [-0.05, 0) is 25.5 Å². The van der Waals surface area contributed by atoms with Crippen molar-refractivity contribution in [3.8, 4) is 0 Å². The van der Waals surface area contributed by atoms with Crippen LogP contribution in [0.25, 0.3) is 0 Å². The number of rotatable bonds is 6. The molecule has 1 aliphatic rings. The van der Waals surface area contributed by atoms with Crippen molar-refractivity contribution in [2.45, 2.75) is 20.3 Å². The Bertz CT molecular complexity index is 604. The maximum Gasteiger partial charge on any atom is 0.261 e. The Balaban J connectivity index is 1.97. The largest absolute Gasteiger partial charge is 0.354 e. The van der Waals surface area contributed by atoms with Gasteiger partial charge in [0.1, 0.15) is 0 Å². The van der Waals surface area contributed by atoms with Gasteiger partial charge in [-0.25, -0.2) is 0 Å². The van der Waals surface area contributed by atoms with Crippen LogP contribution in [0.4, 0.5) is 0 Å². The van der Waals surface area contributed by atoms with E-state index in [4.69, 9.17) is 0 Å². The highest BCUT2D eigenvalue weighted by atomic mass is 16.2. The molecule has 1 N–H and O–H groups in total. The average Bonchev–Trinajstić information content (AvgIpc) is 2.79. The van der Waals surface area contributed by atoms with Gasteiger partial charge in [0.2, 0.25) is 5.91 Å². The van der Waals surface area contributed by atoms with E-state index in [9.17, 15) is 14.4 Å². The SMILES string of the molecule is C=C[C@](C)(CC)C(=O)NCCN1C(=O)c2ccccc2C1=O. The monoisotopic (exact) mass is 300 g/mol. The molecule has 0 radical (unpaired) electrons. The smallest absolute Gasteiger partial charge is 0.261 e. The molecule has 5 heteroatoms. The van der Waals surface area contributed by atoms with Crippen molar-refractivity contribution in [1.82, 2.24) is 10.2 Å². The second-order valence-corrected chi connectivity index (χ2v) is 5.54. The van der Waals surface area contributed by atoms with Crippen molar-refractivity contribution in [2.24, 2.45) is 5.41 Å². The summed E-state index contributed by atoms with van der Waals surface area (Å²) < 4.78 is 0. The summed E-state index contributed by atoms with van der Waals surface area (Å²) in [4.78, 5) is 37.6. The number of hydrogen-bond acceptors (Lipinski definition) is 3. The molecule has 0 fully saturated rings. The second-order valence-electron chi connectivity index (χ2n) is 5.54. The molecule has 116 valence electrons. The predicted octanol–water partition coefficient (Wildman–Crippen LogP) is 2.00. The molecule has 22 heavy (non-hydrogen) atoms. The topological polar surface area (TPSA) is 66.5 Å². The van der Waals surface area contributed by atoms with Crippen LogP contribution in [-0.4, -0.2) is 35.7 Å². The standard InChI is InChI=1S/C17H20N2O3/c1-4-17(3,5-2)16(22)18-10-11-19-14(20)12-8-6-7-9-13(12)15(19)21/h4,6-9H,1,5,10-11H2,2-3H3,(H,18,22)/t17-/m1/s1. The number of nitrogens with one attached hydrogen (secondary N) is 1. The maximum absolute atomic E-state index is 12.2. The van der Waals surface area contributed by atoms with E-state index < -0.39 is 5.41 Å². The van der Waals surface area contributed by atoms with E-state index in [1.165, 1.54) is 4.90 Å². The summed E-state index contributed by atoms with van der Waals surface area (Å²) in [6, 6.07) is 6.73. The van der Waals surface area contributed by atoms with Gasteiger partial charge < -0.3 is 5.32 Å². The van der Waals surface area contributed by atoms with Crippen molar-refractivity contribution in [1.29, 1.82) is 0 Å². The Morgan fingerprint density at radius 3 is 2.27 bits per heavy atom. The van der Waals surface area contributed by atoms with Crippen molar-refractivity contribution < 1.29 is 14.4 Å². The fraction of sp³-hybridized carbons (Fsp3) is 0.353. The highest BCUT2D eigenvalue weighted by Gasteiger charge is 2.35. The van der Waals surface area contributed by atoms with Gasteiger partial charge in [0.25, 0.3) is 11.8 Å². The lowest BCUT2D eigenvalue weighted by Gasteiger charge is -2.23. The van der Waals surface area contributed by atoms with Gasteiger partial charge in [0.15, 0.2) is 0 Å². The zero-order valence-corrected chi connectivity index (χ0v) is 12.9. The highest BCUT2D eigenvalue weighted by Crippen LogP contribution is 2.23. The first-order valence-corrected chi connectivity index (χ1v) is 7.31. The summed E-state index contributed by atoms with van der Waals surface area (Å²) in [6.07, 6.45) is 2.25. The summed E-state index contributed by atoms with van der Waals surface area (Å²) in [5, 5.41) is 2.76. The molecule has 0 unspecified atom stereocenters. The van der Waals surface area contributed by atoms with Crippen LogP contribution < -0.4 is 5.32 Å². The molecule has 0 aromatic heterocycles. The van der Waals surface area contributed by atoms with Crippen molar-refractivity contribution in [3.05, 3.63) is 48.0 Å². The van der Waals surface area contributed by atoms with Gasteiger partial charge in [0, 0.05) is 13.1 Å². The first-order chi connectivity index (χ1) is 10.4. The van der Waals surface area contributed by atoms with Gasteiger partial charge in [-0.1, -0.05) is 25.1 Å². The highest BCUT2D eigenvalue weighted by molar-refractivity contribution is 6.21. The number of nitrogens with zero attached hydrogens (tertiary/aromatic N) is 1. The third kappa shape index (κ3) is 2.66. The molecule has 1 atom stereocenters. The summed E-state index contributed by atoms with van der Waals surface area (Å²) in [7, 11) is 0. The van der Waals surface area contributed by atoms with Gasteiger partial charge in [-0.15, -0.1) is 6.58 Å². The van der Waals surface area contributed by atoms with Crippen LogP contribution in [0.2, 0.25) is 0 Å². The number of carbonyl (C=O) groups excluding carboxylic acids is 3. The Kier molecular flexibility index (Phi) is 4.45. The van der Waals surface area contributed by atoms with Crippen LogP contribution in [0.15, 0.2) is 36.9 Å². The van der Waals surface area contributed by atoms with Crippen LogP contribution in [0, 0.1) is 5.41 Å². The second kappa shape index (κ2) is 6.13. The number of carbonyl (C=O) groups is 3.